The number of likely N-dealkylation sites (tertiary alicyclic amines) is 1. The van der Waals surface area contributed by atoms with Crippen molar-refractivity contribution < 1.29 is 0 Å². The number of piperidine rings is 1. The molecular weight excluding hydrogens is 238 g/mol. The summed E-state index contributed by atoms with van der Waals surface area (Å²) in [6, 6.07) is 1.93. The van der Waals surface area contributed by atoms with E-state index in [2.05, 4.69) is 26.4 Å². The van der Waals surface area contributed by atoms with Gasteiger partial charge in [-0.2, -0.15) is 0 Å². The lowest BCUT2D eigenvalue weighted by Gasteiger charge is -2.32. The second kappa shape index (κ2) is 5.67. The van der Waals surface area contributed by atoms with Gasteiger partial charge < -0.3 is 5.32 Å². The average molecular weight is 259 g/mol. The molecule has 2 aromatic heterocycles. The molecule has 0 radical (unpaired) electrons. The first kappa shape index (κ1) is 12.6. The van der Waals surface area contributed by atoms with Gasteiger partial charge in [-0.15, -0.1) is 0 Å². The molecule has 2 aromatic rings. The number of nitrogens with one attached hydrogen (secondary N) is 1. The second-order valence-corrected chi connectivity index (χ2v) is 5.36. The van der Waals surface area contributed by atoms with Gasteiger partial charge in [0.05, 0.1) is 5.69 Å². The van der Waals surface area contributed by atoms with Gasteiger partial charge in [-0.25, -0.2) is 9.97 Å². The van der Waals surface area contributed by atoms with E-state index in [1.54, 1.807) is 6.20 Å². The molecule has 0 aromatic carbocycles. The van der Waals surface area contributed by atoms with Crippen LogP contribution in [-0.4, -0.2) is 46.0 Å². The molecule has 1 atom stereocenters. The van der Waals surface area contributed by atoms with E-state index in [0.29, 0.717) is 0 Å². The monoisotopic (exact) mass is 259 g/mol. The normalized spacial score (nSPS) is 21.0. The van der Waals surface area contributed by atoms with Crippen LogP contribution in [0.15, 0.2) is 24.7 Å². The molecule has 1 aliphatic rings. The van der Waals surface area contributed by atoms with Crippen LogP contribution >= 0.6 is 0 Å². The maximum atomic E-state index is 4.57. The third kappa shape index (κ3) is 2.93. The van der Waals surface area contributed by atoms with E-state index >= 15 is 0 Å². The molecule has 0 aliphatic carbocycles. The maximum absolute atomic E-state index is 4.57. The van der Waals surface area contributed by atoms with Crippen LogP contribution < -0.4 is 5.32 Å². The first-order valence-corrected chi connectivity index (χ1v) is 7.00. The Morgan fingerprint density at radius 1 is 1.47 bits per heavy atom. The van der Waals surface area contributed by atoms with Crippen molar-refractivity contribution in [3.63, 3.8) is 0 Å². The number of fused-ring (bicyclic) bond motifs is 1. The molecule has 1 N–H and O–H groups in total. The Kier molecular flexibility index (Phi) is 3.75. The van der Waals surface area contributed by atoms with Crippen molar-refractivity contribution in [2.24, 2.45) is 5.92 Å². The summed E-state index contributed by atoms with van der Waals surface area (Å²) in [5.41, 5.74) is 1.11. The minimum Gasteiger partial charge on any atom is -0.319 e. The van der Waals surface area contributed by atoms with Gasteiger partial charge in [0.2, 0.25) is 5.78 Å². The number of hydrogen-bond acceptors (Lipinski definition) is 4. The molecule has 0 bridgehead atoms. The predicted octanol–water partition coefficient (Wildman–Crippen LogP) is 1.16. The van der Waals surface area contributed by atoms with Crippen LogP contribution in [0.5, 0.6) is 0 Å². The maximum Gasteiger partial charge on any atom is 0.233 e. The first-order chi connectivity index (χ1) is 9.35. The molecule has 1 aliphatic heterocycles. The summed E-state index contributed by atoms with van der Waals surface area (Å²) in [5, 5.41) is 3.29. The topological polar surface area (TPSA) is 45.5 Å². The molecule has 1 saturated heterocycles. The van der Waals surface area contributed by atoms with Crippen LogP contribution in [0.25, 0.3) is 5.78 Å². The standard InChI is InChI=1S/C14H21N5/c1-15-8-12-4-2-6-18(9-12)10-13-11-19-7-3-5-16-14(19)17-13/h3,5,7,11-12,15H,2,4,6,8-10H2,1H3. The van der Waals surface area contributed by atoms with E-state index < -0.39 is 0 Å². The Bertz CT molecular complexity index is 500. The van der Waals surface area contributed by atoms with E-state index in [0.717, 1.165) is 30.5 Å². The summed E-state index contributed by atoms with van der Waals surface area (Å²) in [6.45, 7) is 4.40. The van der Waals surface area contributed by atoms with Crippen molar-refractivity contribution in [1.29, 1.82) is 0 Å². The van der Waals surface area contributed by atoms with Crippen molar-refractivity contribution in [3.8, 4) is 0 Å². The zero-order chi connectivity index (χ0) is 13.1. The highest BCUT2D eigenvalue weighted by molar-refractivity contribution is 5.29. The van der Waals surface area contributed by atoms with Crippen LogP contribution in [0.3, 0.4) is 0 Å². The molecule has 1 fully saturated rings. The first-order valence-electron chi connectivity index (χ1n) is 7.00. The van der Waals surface area contributed by atoms with Gasteiger partial charge in [-0.3, -0.25) is 9.30 Å². The highest BCUT2D eigenvalue weighted by Gasteiger charge is 2.20. The number of nitrogens with zero attached hydrogens (tertiary/aromatic N) is 4. The minimum atomic E-state index is 0.772. The summed E-state index contributed by atoms with van der Waals surface area (Å²) in [6.07, 6.45) is 8.50. The molecule has 5 nitrogen and oxygen atoms in total. The molecule has 0 amide bonds. The van der Waals surface area contributed by atoms with Crippen molar-refractivity contribution in [3.05, 3.63) is 30.4 Å². The van der Waals surface area contributed by atoms with Gasteiger partial charge in [0.1, 0.15) is 0 Å². The zero-order valence-corrected chi connectivity index (χ0v) is 11.4. The predicted molar refractivity (Wildman–Crippen MR) is 74.9 cm³/mol. The molecule has 3 rings (SSSR count). The summed E-state index contributed by atoms with van der Waals surface area (Å²) < 4.78 is 1.99. The fourth-order valence-corrected chi connectivity index (χ4v) is 2.93. The van der Waals surface area contributed by atoms with Crippen LogP contribution in [0, 0.1) is 5.92 Å². The molecule has 0 spiro atoms. The summed E-state index contributed by atoms with van der Waals surface area (Å²) in [7, 11) is 2.03. The number of imidazole rings is 1. The van der Waals surface area contributed by atoms with E-state index in [4.69, 9.17) is 0 Å². The summed E-state index contributed by atoms with van der Waals surface area (Å²) >= 11 is 0. The Balaban J connectivity index is 1.67. The fourth-order valence-electron chi connectivity index (χ4n) is 2.93. The lowest BCUT2D eigenvalue weighted by molar-refractivity contribution is 0.165. The third-order valence-electron chi connectivity index (χ3n) is 3.77. The molecule has 19 heavy (non-hydrogen) atoms. The van der Waals surface area contributed by atoms with Crippen LogP contribution in [-0.2, 0) is 6.54 Å². The van der Waals surface area contributed by atoms with Crippen molar-refractivity contribution in [2.75, 3.05) is 26.7 Å². The van der Waals surface area contributed by atoms with Gasteiger partial charge in [0.25, 0.3) is 0 Å². The van der Waals surface area contributed by atoms with Gasteiger partial charge in [0, 0.05) is 31.7 Å². The molecule has 1 unspecified atom stereocenters. The third-order valence-corrected chi connectivity index (χ3v) is 3.77. The Labute approximate surface area is 113 Å². The molecule has 0 saturated carbocycles. The summed E-state index contributed by atoms with van der Waals surface area (Å²) in [5.74, 6) is 1.56. The SMILES string of the molecule is CNCC1CCCN(Cc2cn3cccnc3n2)C1. The number of hydrogen-bond donors (Lipinski definition) is 1. The van der Waals surface area contributed by atoms with Gasteiger partial charge >= 0.3 is 0 Å². The summed E-state index contributed by atoms with van der Waals surface area (Å²) in [4.78, 5) is 11.3. The molecule has 3 heterocycles. The van der Waals surface area contributed by atoms with Gasteiger partial charge in [-0.05, 0) is 45.0 Å². The molecule has 102 valence electrons. The van der Waals surface area contributed by atoms with Crippen molar-refractivity contribution in [2.45, 2.75) is 19.4 Å². The Morgan fingerprint density at radius 2 is 2.42 bits per heavy atom. The van der Waals surface area contributed by atoms with E-state index in [1.165, 1.54) is 25.9 Å². The van der Waals surface area contributed by atoms with Crippen LogP contribution in [0.1, 0.15) is 18.5 Å². The Hall–Kier alpha value is -1.46. The quantitative estimate of drug-likeness (QED) is 0.895. The number of aromatic nitrogens is 3. The zero-order valence-electron chi connectivity index (χ0n) is 11.4. The molecular formula is C14H21N5. The van der Waals surface area contributed by atoms with E-state index in [-0.39, 0.29) is 0 Å². The van der Waals surface area contributed by atoms with Gasteiger partial charge in [-0.1, -0.05) is 0 Å². The highest BCUT2D eigenvalue weighted by Crippen LogP contribution is 2.17. The fraction of sp³-hybridized carbons (Fsp3) is 0.571. The lowest BCUT2D eigenvalue weighted by Crippen LogP contribution is -2.38. The van der Waals surface area contributed by atoms with Crippen LogP contribution in [0.2, 0.25) is 0 Å². The second-order valence-electron chi connectivity index (χ2n) is 5.36. The number of rotatable bonds is 4. The van der Waals surface area contributed by atoms with Crippen molar-refractivity contribution >= 4 is 5.78 Å². The van der Waals surface area contributed by atoms with Crippen LogP contribution in [0.4, 0.5) is 0 Å². The van der Waals surface area contributed by atoms with E-state index in [9.17, 15) is 0 Å². The minimum absolute atomic E-state index is 0.772. The molecule has 5 heteroatoms. The Morgan fingerprint density at radius 3 is 3.26 bits per heavy atom. The largest absolute Gasteiger partial charge is 0.319 e. The lowest BCUT2D eigenvalue weighted by atomic mass is 9.98. The van der Waals surface area contributed by atoms with Crippen molar-refractivity contribution in [1.82, 2.24) is 24.6 Å². The van der Waals surface area contributed by atoms with E-state index in [1.807, 2.05) is 23.7 Å². The van der Waals surface area contributed by atoms with Gasteiger partial charge in [0.15, 0.2) is 0 Å². The highest BCUT2D eigenvalue weighted by atomic mass is 15.2. The smallest absolute Gasteiger partial charge is 0.233 e. The average Bonchev–Trinajstić information content (AvgIpc) is 2.81.